The maximum Gasteiger partial charge on any atom is 0.165 e. The van der Waals surface area contributed by atoms with Gasteiger partial charge in [0.2, 0.25) is 0 Å². The van der Waals surface area contributed by atoms with E-state index in [9.17, 15) is 8.78 Å². The van der Waals surface area contributed by atoms with Gasteiger partial charge in [-0.2, -0.15) is 0 Å². The Kier molecular flexibility index (Phi) is 4.75. The summed E-state index contributed by atoms with van der Waals surface area (Å²) in [5.74, 6) is -0.583. The SMILES string of the molecule is COc1ccc(C(CN)N(C)c2cccc(F)c2)cc1F. The van der Waals surface area contributed by atoms with Crippen LogP contribution in [0.5, 0.6) is 5.75 Å². The Bertz CT molecular complexity index is 619. The Labute approximate surface area is 122 Å². The van der Waals surface area contributed by atoms with Gasteiger partial charge in [-0.25, -0.2) is 8.78 Å². The zero-order chi connectivity index (χ0) is 15.4. The summed E-state index contributed by atoms with van der Waals surface area (Å²) in [6, 6.07) is 10.7. The second-order valence-electron chi connectivity index (χ2n) is 4.74. The van der Waals surface area contributed by atoms with E-state index >= 15 is 0 Å². The predicted molar refractivity (Wildman–Crippen MR) is 79.6 cm³/mol. The summed E-state index contributed by atoms with van der Waals surface area (Å²) in [5, 5.41) is 0. The number of methoxy groups -OCH3 is 1. The maximum atomic E-state index is 13.8. The van der Waals surface area contributed by atoms with Crippen LogP contribution in [0, 0.1) is 11.6 Å². The van der Waals surface area contributed by atoms with Crippen molar-refractivity contribution in [1.82, 2.24) is 0 Å². The number of anilines is 1. The minimum absolute atomic E-state index is 0.183. The molecule has 0 aliphatic rings. The molecule has 112 valence electrons. The molecule has 0 saturated carbocycles. The lowest BCUT2D eigenvalue weighted by atomic mass is 10.0. The van der Waals surface area contributed by atoms with Crippen LogP contribution in [-0.4, -0.2) is 20.7 Å². The van der Waals surface area contributed by atoms with E-state index in [1.807, 2.05) is 4.90 Å². The Morgan fingerprint density at radius 1 is 1.19 bits per heavy atom. The van der Waals surface area contributed by atoms with Crippen molar-refractivity contribution < 1.29 is 13.5 Å². The van der Waals surface area contributed by atoms with E-state index in [0.717, 1.165) is 0 Å². The van der Waals surface area contributed by atoms with Crippen molar-refractivity contribution in [1.29, 1.82) is 0 Å². The van der Waals surface area contributed by atoms with E-state index in [4.69, 9.17) is 10.5 Å². The molecule has 0 radical (unpaired) electrons. The molecule has 0 bridgehead atoms. The fourth-order valence-electron chi connectivity index (χ4n) is 2.28. The van der Waals surface area contributed by atoms with Gasteiger partial charge in [0, 0.05) is 19.3 Å². The maximum absolute atomic E-state index is 13.8. The molecule has 0 heterocycles. The number of ether oxygens (including phenoxy) is 1. The normalized spacial score (nSPS) is 12.0. The van der Waals surface area contributed by atoms with Crippen molar-refractivity contribution in [2.24, 2.45) is 5.73 Å². The number of likely N-dealkylation sites (N-methyl/N-ethyl adjacent to an activating group) is 1. The highest BCUT2D eigenvalue weighted by atomic mass is 19.1. The van der Waals surface area contributed by atoms with Gasteiger partial charge in [-0.1, -0.05) is 12.1 Å². The number of hydrogen-bond donors (Lipinski definition) is 1. The first-order chi connectivity index (χ1) is 10.1. The number of nitrogens with two attached hydrogens (primary N) is 1. The lowest BCUT2D eigenvalue weighted by Crippen LogP contribution is -2.30. The van der Waals surface area contributed by atoms with E-state index in [2.05, 4.69) is 0 Å². The van der Waals surface area contributed by atoms with Gasteiger partial charge in [0.1, 0.15) is 5.82 Å². The van der Waals surface area contributed by atoms with Crippen molar-refractivity contribution in [3.63, 3.8) is 0 Å². The average molecular weight is 292 g/mol. The first kappa shape index (κ1) is 15.3. The molecule has 2 rings (SSSR count). The molecule has 5 heteroatoms. The molecular weight excluding hydrogens is 274 g/mol. The smallest absolute Gasteiger partial charge is 0.165 e. The minimum Gasteiger partial charge on any atom is -0.494 e. The molecule has 2 aromatic rings. The molecule has 0 aromatic heterocycles. The van der Waals surface area contributed by atoms with Crippen LogP contribution < -0.4 is 15.4 Å². The number of hydrogen-bond acceptors (Lipinski definition) is 3. The van der Waals surface area contributed by atoms with Gasteiger partial charge in [-0.05, 0) is 35.9 Å². The minimum atomic E-state index is -0.443. The van der Waals surface area contributed by atoms with Gasteiger partial charge in [0.05, 0.1) is 13.2 Å². The fourth-order valence-corrected chi connectivity index (χ4v) is 2.28. The average Bonchev–Trinajstić information content (AvgIpc) is 2.48. The zero-order valence-electron chi connectivity index (χ0n) is 12.0. The molecule has 21 heavy (non-hydrogen) atoms. The Balaban J connectivity index is 2.32. The predicted octanol–water partition coefficient (Wildman–Crippen LogP) is 3.11. The highest BCUT2D eigenvalue weighted by molar-refractivity contribution is 5.49. The summed E-state index contributed by atoms with van der Waals surface area (Å²) in [7, 11) is 3.21. The summed E-state index contributed by atoms with van der Waals surface area (Å²) in [4.78, 5) is 1.82. The first-order valence-corrected chi connectivity index (χ1v) is 6.58. The highest BCUT2D eigenvalue weighted by Gasteiger charge is 2.18. The molecular formula is C16H18F2N2O. The van der Waals surface area contributed by atoms with Crippen molar-refractivity contribution in [3.8, 4) is 5.75 Å². The summed E-state index contributed by atoms with van der Waals surface area (Å²) < 4.78 is 32.1. The Morgan fingerprint density at radius 2 is 1.95 bits per heavy atom. The van der Waals surface area contributed by atoms with Crippen LogP contribution in [0.25, 0.3) is 0 Å². The van der Waals surface area contributed by atoms with Crippen LogP contribution in [0.2, 0.25) is 0 Å². The van der Waals surface area contributed by atoms with Crippen LogP contribution >= 0.6 is 0 Å². The molecule has 0 aliphatic carbocycles. The third kappa shape index (κ3) is 3.31. The zero-order valence-corrected chi connectivity index (χ0v) is 12.0. The van der Waals surface area contributed by atoms with E-state index in [1.54, 1.807) is 31.3 Å². The summed E-state index contributed by atoms with van der Waals surface area (Å²) in [5.41, 5.74) is 7.21. The summed E-state index contributed by atoms with van der Waals surface area (Å²) in [6.07, 6.45) is 0. The fraction of sp³-hybridized carbons (Fsp3) is 0.250. The van der Waals surface area contributed by atoms with E-state index in [0.29, 0.717) is 11.3 Å². The summed E-state index contributed by atoms with van der Waals surface area (Å²) >= 11 is 0. The van der Waals surface area contributed by atoms with Crippen molar-refractivity contribution in [3.05, 3.63) is 59.7 Å². The van der Waals surface area contributed by atoms with E-state index in [-0.39, 0.29) is 24.2 Å². The van der Waals surface area contributed by atoms with Crippen LogP contribution in [0.3, 0.4) is 0 Å². The monoisotopic (exact) mass is 292 g/mol. The number of rotatable bonds is 5. The van der Waals surface area contributed by atoms with Gasteiger partial charge in [-0.3, -0.25) is 0 Å². The molecule has 1 unspecified atom stereocenters. The Hall–Kier alpha value is -2.14. The molecule has 0 fully saturated rings. The first-order valence-electron chi connectivity index (χ1n) is 6.58. The number of benzene rings is 2. The van der Waals surface area contributed by atoms with Crippen LogP contribution in [-0.2, 0) is 0 Å². The summed E-state index contributed by atoms with van der Waals surface area (Å²) in [6.45, 7) is 0.277. The largest absolute Gasteiger partial charge is 0.494 e. The third-order valence-electron chi connectivity index (χ3n) is 3.47. The lowest BCUT2D eigenvalue weighted by molar-refractivity contribution is 0.386. The molecule has 1 atom stereocenters. The van der Waals surface area contributed by atoms with Crippen LogP contribution in [0.1, 0.15) is 11.6 Å². The van der Waals surface area contributed by atoms with Gasteiger partial charge >= 0.3 is 0 Å². The van der Waals surface area contributed by atoms with Crippen LogP contribution in [0.4, 0.5) is 14.5 Å². The molecule has 2 N–H and O–H groups in total. The van der Waals surface area contributed by atoms with Crippen molar-refractivity contribution in [2.45, 2.75) is 6.04 Å². The van der Waals surface area contributed by atoms with Gasteiger partial charge in [0.15, 0.2) is 11.6 Å². The van der Waals surface area contributed by atoms with Crippen LogP contribution in [0.15, 0.2) is 42.5 Å². The molecule has 0 spiro atoms. The molecule has 3 nitrogen and oxygen atoms in total. The lowest BCUT2D eigenvalue weighted by Gasteiger charge is -2.29. The van der Waals surface area contributed by atoms with E-state index in [1.165, 1.54) is 25.3 Å². The van der Waals surface area contributed by atoms with Gasteiger partial charge in [-0.15, -0.1) is 0 Å². The molecule has 2 aromatic carbocycles. The van der Waals surface area contributed by atoms with Gasteiger partial charge in [0.25, 0.3) is 0 Å². The standard InChI is InChI=1S/C16H18F2N2O/c1-20(13-5-3-4-12(17)9-13)15(10-19)11-6-7-16(21-2)14(18)8-11/h3-9,15H,10,19H2,1-2H3. The second-order valence-corrected chi connectivity index (χ2v) is 4.74. The highest BCUT2D eigenvalue weighted by Crippen LogP contribution is 2.28. The number of nitrogens with zero attached hydrogens (tertiary/aromatic N) is 1. The number of halogens is 2. The quantitative estimate of drug-likeness (QED) is 0.920. The molecule has 0 amide bonds. The van der Waals surface area contributed by atoms with Crippen molar-refractivity contribution >= 4 is 5.69 Å². The third-order valence-corrected chi connectivity index (χ3v) is 3.47. The van der Waals surface area contributed by atoms with Gasteiger partial charge < -0.3 is 15.4 Å². The molecule has 0 aliphatic heterocycles. The van der Waals surface area contributed by atoms with Crippen molar-refractivity contribution in [2.75, 3.05) is 25.6 Å². The van der Waals surface area contributed by atoms with E-state index < -0.39 is 5.82 Å². The second kappa shape index (κ2) is 6.54. The Morgan fingerprint density at radius 3 is 2.52 bits per heavy atom. The topological polar surface area (TPSA) is 38.5 Å². The molecule has 0 saturated heterocycles.